The lowest BCUT2D eigenvalue weighted by Gasteiger charge is -2.17. The van der Waals surface area contributed by atoms with Gasteiger partial charge in [0.1, 0.15) is 5.92 Å². The summed E-state index contributed by atoms with van der Waals surface area (Å²) in [6.45, 7) is 4.27. The molecule has 0 heterocycles. The van der Waals surface area contributed by atoms with Crippen molar-refractivity contribution in [3.63, 3.8) is 0 Å². The summed E-state index contributed by atoms with van der Waals surface area (Å²) in [4.78, 5) is 25.9. The van der Waals surface area contributed by atoms with Crippen LogP contribution in [0.2, 0.25) is 5.02 Å². The molecule has 2 unspecified atom stereocenters. The fourth-order valence-corrected chi connectivity index (χ4v) is 3.23. The zero-order chi connectivity index (χ0) is 20.9. The number of hydrogen-bond donors (Lipinski definition) is 0. The van der Waals surface area contributed by atoms with Gasteiger partial charge in [-0.1, -0.05) is 80.3 Å². The third-order valence-electron chi connectivity index (χ3n) is 4.34. The van der Waals surface area contributed by atoms with Crippen molar-refractivity contribution in [3.05, 3.63) is 70.2 Å². The zero-order valence-electron chi connectivity index (χ0n) is 16.4. The minimum atomic E-state index is -0.999. The first kappa shape index (κ1) is 24.1. The summed E-state index contributed by atoms with van der Waals surface area (Å²) in [5, 5.41) is 0.353. The van der Waals surface area contributed by atoms with Crippen LogP contribution in [-0.4, -0.2) is 18.4 Å². The number of ketones is 1. The Morgan fingerprint density at radius 1 is 1.00 bits per heavy atom. The van der Waals surface area contributed by atoms with Crippen molar-refractivity contribution in [1.82, 2.24) is 0 Å². The van der Waals surface area contributed by atoms with Crippen molar-refractivity contribution >= 4 is 32.5 Å². The number of carbonyl (C=O) groups excluding carboxylic acids is 2. The van der Waals surface area contributed by atoms with Gasteiger partial charge in [0.05, 0.1) is 20.7 Å². The van der Waals surface area contributed by atoms with Gasteiger partial charge in [-0.3, -0.25) is 9.59 Å². The smallest absolute Gasteiger partial charge is 0.321 e. The Balaban J connectivity index is 0.00000190. The van der Waals surface area contributed by atoms with Crippen molar-refractivity contribution < 1.29 is 18.9 Å². The number of esters is 1. The first-order valence-electron chi connectivity index (χ1n) is 9.36. The highest BCUT2D eigenvalue weighted by Gasteiger charge is 2.32. The molecule has 0 aliphatic rings. The van der Waals surface area contributed by atoms with Gasteiger partial charge in [0, 0.05) is 5.56 Å². The van der Waals surface area contributed by atoms with Crippen molar-refractivity contribution in [2.75, 3.05) is 6.61 Å². The number of carbonyl (C=O) groups is 2. The topological polar surface area (TPSA) is 60.4 Å². The summed E-state index contributed by atoms with van der Waals surface area (Å²) in [5.74, 6) is -1.84. The molecule has 2 aromatic carbocycles. The molecule has 0 aliphatic carbocycles. The van der Waals surface area contributed by atoms with Crippen LogP contribution in [0, 0.1) is 6.92 Å². The average molecular weight is 423 g/mol. The van der Waals surface area contributed by atoms with E-state index in [1.54, 1.807) is 24.3 Å². The van der Waals surface area contributed by atoms with E-state index in [4.69, 9.17) is 20.9 Å². The van der Waals surface area contributed by atoms with E-state index in [0.29, 0.717) is 31.9 Å². The van der Waals surface area contributed by atoms with Crippen LogP contribution in [0.4, 0.5) is 0 Å². The highest BCUT2D eigenvalue weighted by molar-refractivity contribution is 7.00. The predicted octanol–water partition coefficient (Wildman–Crippen LogP) is 5.68. The standard InChI is InChI=1S/C22H25ClO3.H3OP/c1-3-4-5-9-15-26-22(25)20(17-12-7-6-8-13-17)21(24)19-16(2)11-10-14-18(19)23;1-2/h6-8,10-14,20H,3-5,9,15H2,1-2H3;2H3. The van der Waals surface area contributed by atoms with E-state index >= 15 is 0 Å². The number of rotatable bonds is 9. The maximum atomic E-state index is 13.2. The normalized spacial score (nSPS) is 11.2. The summed E-state index contributed by atoms with van der Waals surface area (Å²) < 4.78 is 13.7. The van der Waals surface area contributed by atoms with E-state index in [9.17, 15) is 9.59 Å². The van der Waals surface area contributed by atoms with Crippen molar-refractivity contribution in [2.45, 2.75) is 45.4 Å². The van der Waals surface area contributed by atoms with E-state index in [-0.39, 0.29) is 5.78 Å². The van der Waals surface area contributed by atoms with E-state index in [0.717, 1.165) is 31.2 Å². The Morgan fingerprint density at radius 2 is 1.68 bits per heavy atom. The lowest BCUT2D eigenvalue weighted by Crippen LogP contribution is -2.25. The van der Waals surface area contributed by atoms with E-state index in [2.05, 4.69) is 6.92 Å². The van der Waals surface area contributed by atoms with Gasteiger partial charge < -0.3 is 9.30 Å². The number of aryl methyl sites for hydroxylation is 1. The van der Waals surface area contributed by atoms with Gasteiger partial charge >= 0.3 is 5.97 Å². The molecule has 0 saturated carbocycles. The van der Waals surface area contributed by atoms with Crippen molar-refractivity contribution in [2.24, 2.45) is 0 Å². The molecule has 0 amide bonds. The molecular formula is C22H28ClO4P. The molecule has 0 bridgehead atoms. The summed E-state index contributed by atoms with van der Waals surface area (Å²) in [5.41, 5.74) is 1.75. The highest BCUT2D eigenvalue weighted by atomic mass is 35.5. The molecule has 28 heavy (non-hydrogen) atoms. The Hall–Kier alpha value is -1.90. The number of ether oxygens (including phenoxy) is 1. The first-order chi connectivity index (χ1) is 13.6. The molecule has 4 nitrogen and oxygen atoms in total. The van der Waals surface area contributed by atoms with Crippen LogP contribution in [0.1, 0.15) is 60.0 Å². The highest BCUT2D eigenvalue weighted by Crippen LogP contribution is 2.28. The van der Waals surface area contributed by atoms with E-state index in [1.165, 1.54) is 0 Å². The van der Waals surface area contributed by atoms with Gasteiger partial charge in [-0.25, -0.2) is 0 Å². The summed E-state index contributed by atoms with van der Waals surface area (Å²) in [7, 11) is 0.611. The predicted molar refractivity (Wildman–Crippen MR) is 117 cm³/mol. The molecule has 0 aliphatic heterocycles. The Morgan fingerprint density at radius 3 is 2.29 bits per heavy atom. The number of benzene rings is 2. The van der Waals surface area contributed by atoms with Crippen LogP contribution in [0.15, 0.2) is 48.5 Å². The van der Waals surface area contributed by atoms with Crippen LogP contribution < -0.4 is 0 Å². The molecule has 0 fully saturated rings. The van der Waals surface area contributed by atoms with Gasteiger partial charge in [-0.2, -0.15) is 0 Å². The maximum absolute atomic E-state index is 13.2. The first-order valence-corrected chi connectivity index (χ1v) is 10.3. The molecule has 152 valence electrons. The molecule has 0 aromatic heterocycles. The largest absolute Gasteiger partial charge is 0.465 e. The van der Waals surface area contributed by atoms with Crippen LogP contribution in [-0.2, 0) is 14.1 Å². The van der Waals surface area contributed by atoms with E-state index in [1.807, 2.05) is 31.2 Å². The lowest BCUT2D eigenvalue weighted by atomic mass is 9.89. The van der Waals surface area contributed by atoms with Gasteiger partial charge in [0.25, 0.3) is 0 Å². The molecule has 0 N–H and O–H groups in total. The van der Waals surface area contributed by atoms with Crippen molar-refractivity contribution in [1.29, 1.82) is 0 Å². The van der Waals surface area contributed by atoms with Gasteiger partial charge in [0.15, 0.2) is 5.78 Å². The molecule has 0 radical (unpaired) electrons. The number of halogens is 1. The Bertz CT molecular complexity index is 744. The van der Waals surface area contributed by atoms with Crippen LogP contribution in [0.5, 0.6) is 0 Å². The third kappa shape index (κ3) is 6.92. The fourth-order valence-electron chi connectivity index (χ4n) is 2.91. The molecule has 2 rings (SSSR count). The summed E-state index contributed by atoms with van der Waals surface area (Å²) >= 11 is 6.25. The molecular weight excluding hydrogens is 395 g/mol. The molecule has 0 spiro atoms. The Kier molecular flexibility index (Phi) is 11.5. The second-order valence-corrected chi connectivity index (χ2v) is 6.78. The summed E-state index contributed by atoms with van der Waals surface area (Å²) in [6, 6.07) is 14.3. The SMILES string of the molecule is CCCCCCOC(=O)C(C(=O)c1c(C)cccc1Cl)c1ccccc1.O=[PH3]. The number of hydrogen-bond acceptors (Lipinski definition) is 4. The maximum Gasteiger partial charge on any atom is 0.321 e. The number of unbranched alkanes of at least 4 members (excludes halogenated alkanes) is 3. The third-order valence-corrected chi connectivity index (χ3v) is 4.66. The monoisotopic (exact) mass is 422 g/mol. The lowest BCUT2D eigenvalue weighted by molar-refractivity contribution is -0.144. The fraction of sp³-hybridized carbons (Fsp3) is 0.364. The molecule has 2 atom stereocenters. The van der Waals surface area contributed by atoms with Crippen LogP contribution in [0.25, 0.3) is 0 Å². The Labute approximate surface area is 173 Å². The minimum absolute atomic E-state index is 0.321. The van der Waals surface area contributed by atoms with Crippen LogP contribution in [0.3, 0.4) is 0 Å². The minimum Gasteiger partial charge on any atom is -0.465 e. The van der Waals surface area contributed by atoms with Gasteiger partial charge in [0.2, 0.25) is 0 Å². The van der Waals surface area contributed by atoms with Gasteiger partial charge in [-0.05, 0) is 30.5 Å². The average Bonchev–Trinajstić information content (AvgIpc) is 2.70. The molecule has 2 aromatic rings. The van der Waals surface area contributed by atoms with Crippen molar-refractivity contribution in [3.8, 4) is 0 Å². The molecule has 0 saturated heterocycles. The zero-order valence-corrected chi connectivity index (χ0v) is 18.6. The van der Waals surface area contributed by atoms with Gasteiger partial charge in [-0.15, -0.1) is 0 Å². The number of Topliss-reactive ketones (excluding diaryl/α,β-unsaturated/α-hetero) is 1. The quantitative estimate of drug-likeness (QED) is 0.171. The molecule has 6 heteroatoms. The van der Waals surface area contributed by atoms with E-state index < -0.39 is 11.9 Å². The second-order valence-electron chi connectivity index (χ2n) is 6.37. The second kappa shape index (κ2) is 13.3. The summed E-state index contributed by atoms with van der Waals surface area (Å²) in [6.07, 6.45) is 4.04. The van der Waals surface area contributed by atoms with Crippen LogP contribution >= 0.6 is 20.7 Å².